The maximum Gasteiger partial charge on any atom is 0.238 e. The SMILES string of the molecule is CC(C)c1ccccc1NC(=O)CN(C)Cc1ccc(N(C)C)cc1. The van der Waals surface area contributed by atoms with Gasteiger partial charge in [-0.3, -0.25) is 9.69 Å². The highest BCUT2D eigenvalue weighted by atomic mass is 16.2. The molecule has 1 N–H and O–H groups in total. The van der Waals surface area contributed by atoms with Gasteiger partial charge in [0.25, 0.3) is 0 Å². The second kappa shape index (κ2) is 8.67. The van der Waals surface area contributed by atoms with Gasteiger partial charge in [-0.1, -0.05) is 44.2 Å². The van der Waals surface area contributed by atoms with Crippen LogP contribution in [0.25, 0.3) is 0 Å². The maximum atomic E-state index is 12.4. The first-order chi connectivity index (χ1) is 11.9. The highest BCUT2D eigenvalue weighted by Gasteiger charge is 2.11. The molecule has 134 valence electrons. The third-order valence-electron chi connectivity index (χ3n) is 4.18. The fourth-order valence-electron chi connectivity index (χ4n) is 2.82. The molecule has 2 rings (SSSR count). The molecule has 2 aromatic carbocycles. The van der Waals surface area contributed by atoms with Crippen molar-refractivity contribution in [3.8, 4) is 0 Å². The number of hydrogen-bond acceptors (Lipinski definition) is 3. The van der Waals surface area contributed by atoms with Crippen LogP contribution in [-0.2, 0) is 11.3 Å². The summed E-state index contributed by atoms with van der Waals surface area (Å²) in [6.45, 7) is 5.37. The smallest absolute Gasteiger partial charge is 0.238 e. The Kier molecular flexibility index (Phi) is 6.59. The van der Waals surface area contributed by atoms with Crippen LogP contribution in [0, 0.1) is 0 Å². The molecule has 0 spiro atoms. The summed E-state index contributed by atoms with van der Waals surface area (Å²) in [5, 5.41) is 3.05. The number of amides is 1. The van der Waals surface area contributed by atoms with Crippen molar-refractivity contribution in [3.63, 3.8) is 0 Å². The van der Waals surface area contributed by atoms with Gasteiger partial charge in [-0.15, -0.1) is 0 Å². The average Bonchev–Trinajstić information content (AvgIpc) is 2.55. The molecule has 4 nitrogen and oxygen atoms in total. The molecule has 2 aromatic rings. The number of rotatable bonds is 7. The number of anilines is 2. The Bertz CT molecular complexity index is 693. The molecule has 0 radical (unpaired) electrons. The molecule has 0 aliphatic heterocycles. The molecular formula is C21H29N3O. The van der Waals surface area contributed by atoms with Crippen LogP contribution in [0.1, 0.15) is 30.9 Å². The molecule has 0 saturated heterocycles. The zero-order valence-electron chi connectivity index (χ0n) is 15.9. The Balaban J connectivity index is 1.92. The van der Waals surface area contributed by atoms with Gasteiger partial charge in [-0.05, 0) is 42.3 Å². The lowest BCUT2D eigenvalue weighted by molar-refractivity contribution is -0.117. The lowest BCUT2D eigenvalue weighted by atomic mass is 10.0. The fraction of sp³-hybridized carbons (Fsp3) is 0.381. The number of likely N-dealkylation sites (N-methyl/N-ethyl adjacent to an activating group) is 1. The van der Waals surface area contributed by atoms with E-state index in [1.165, 1.54) is 11.3 Å². The molecule has 0 saturated carbocycles. The number of nitrogens with zero attached hydrogens (tertiary/aromatic N) is 2. The third-order valence-corrected chi connectivity index (χ3v) is 4.18. The lowest BCUT2D eigenvalue weighted by Gasteiger charge is -2.19. The Morgan fingerprint density at radius 2 is 1.64 bits per heavy atom. The summed E-state index contributed by atoms with van der Waals surface area (Å²) in [5.41, 5.74) is 4.45. The van der Waals surface area contributed by atoms with Crippen LogP contribution < -0.4 is 10.2 Å². The quantitative estimate of drug-likeness (QED) is 0.830. The minimum absolute atomic E-state index is 0.0144. The first-order valence-corrected chi connectivity index (χ1v) is 8.70. The van der Waals surface area contributed by atoms with Crippen LogP contribution in [0.15, 0.2) is 48.5 Å². The second-order valence-electron chi connectivity index (χ2n) is 7.02. The highest BCUT2D eigenvalue weighted by molar-refractivity contribution is 5.93. The van der Waals surface area contributed by atoms with Gasteiger partial charge < -0.3 is 10.2 Å². The number of carbonyl (C=O) groups is 1. The Labute approximate surface area is 151 Å². The summed E-state index contributed by atoms with van der Waals surface area (Å²) in [6, 6.07) is 16.4. The van der Waals surface area contributed by atoms with E-state index >= 15 is 0 Å². The van der Waals surface area contributed by atoms with Crippen molar-refractivity contribution in [1.82, 2.24) is 4.90 Å². The van der Waals surface area contributed by atoms with E-state index < -0.39 is 0 Å². The molecule has 4 heteroatoms. The zero-order valence-corrected chi connectivity index (χ0v) is 15.9. The molecule has 0 heterocycles. The van der Waals surface area contributed by atoms with E-state index in [9.17, 15) is 4.79 Å². The standard InChI is InChI=1S/C21H29N3O/c1-16(2)19-8-6-7-9-20(19)22-21(25)15-24(5)14-17-10-12-18(13-11-17)23(3)4/h6-13,16H,14-15H2,1-5H3,(H,22,25). The second-order valence-corrected chi connectivity index (χ2v) is 7.02. The molecule has 0 aliphatic rings. The zero-order chi connectivity index (χ0) is 18.4. The fourth-order valence-corrected chi connectivity index (χ4v) is 2.82. The molecule has 0 unspecified atom stereocenters. The monoisotopic (exact) mass is 339 g/mol. The number of carbonyl (C=O) groups excluding carboxylic acids is 1. The predicted molar refractivity (Wildman–Crippen MR) is 106 cm³/mol. The number of nitrogens with one attached hydrogen (secondary N) is 1. The lowest BCUT2D eigenvalue weighted by Crippen LogP contribution is -2.30. The summed E-state index contributed by atoms with van der Waals surface area (Å²) in [6.07, 6.45) is 0. The van der Waals surface area contributed by atoms with Crippen LogP contribution in [0.2, 0.25) is 0 Å². The summed E-state index contributed by atoms with van der Waals surface area (Å²) >= 11 is 0. The normalized spacial score (nSPS) is 11.0. The summed E-state index contributed by atoms with van der Waals surface area (Å²) in [5.74, 6) is 0.393. The summed E-state index contributed by atoms with van der Waals surface area (Å²) in [4.78, 5) is 16.5. The van der Waals surface area contributed by atoms with Crippen molar-refractivity contribution in [2.45, 2.75) is 26.3 Å². The first-order valence-electron chi connectivity index (χ1n) is 8.70. The van der Waals surface area contributed by atoms with E-state index in [-0.39, 0.29) is 5.91 Å². The van der Waals surface area contributed by atoms with E-state index in [4.69, 9.17) is 0 Å². The van der Waals surface area contributed by atoms with Gasteiger partial charge in [0, 0.05) is 32.0 Å². The average molecular weight is 339 g/mol. The van der Waals surface area contributed by atoms with E-state index in [1.807, 2.05) is 44.2 Å². The van der Waals surface area contributed by atoms with Crippen molar-refractivity contribution in [2.24, 2.45) is 0 Å². The van der Waals surface area contributed by atoms with Crippen LogP contribution in [-0.4, -0.2) is 38.5 Å². The summed E-state index contributed by atoms with van der Waals surface area (Å²) < 4.78 is 0. The molecule has 1 amide bonds. The van der Waals surface area contributed by atoms with E-state index in [0.717, 1.165) is 17.8 Å². The number of hydrogen-bond donors (Lipinski definition) is 1. The molecule has 0 aromatic heterocycles. The van der Waals surface area contributed by atoms with E-state index in [0.29, 0.717) is 12.5 Å². The van der Waals surface area contributed by atoms with Gasteiger partial charge in [0.1, 0.15) is 0 Å². The minimum Gasteiger partial charge on any atom is -0.378 e. The van der Waals surface area contributed by atoms with Gasteiger partial charge in [-0.25, -0.2) is 0 Å². The number of para-hydroxylation sites is 1. The van der Waals surface area contributed by atoms with Crippen molar-refractivity contribution >= 4 is 17.3 Å². The first kappa shape index (κ1) is 19.0. The predicted octanol–water partition coefficient (Wildman–Crippen LogP) is 3.95. The van der Waals surface area contributed by atoms with Crippen LogP contribution in [0.5, 0.6) is 0 Å². The topological polar surface area (TPSA) is 35.6 Å². The van der Waals surface area contributed by atoms with Crippen molar-refractivity contribution in [1.29, 1.82) is 0 Å². The van der Waals surface area contributed by atoms with Crippen molar-refractivity contribution in [3.05, 3.63) is 59.7 Å². The molecular weight excluding hydrogens is 310 g/mol. The van der Waals surface area contributed by atoms with Gasteiger partial charge in [0.2, 0.25) is 5.91 Å². The van der Waals surface area contributed by atoms with Gasteiger partial charge in [-0.2, -0.15) is 0 Å². The number of benzene rings is 2. The Morgan fingerprint density at radius 1 is 1.00 bits per heavy atom. The molecule has 0 atom stereocenters. The molecule has 0 bridgehead atoms. The maximum absolute atomic E-state index is 12.4. The van der Waals surface area contributed by atoms with E-state index in [1.54, 1.807) is 0 Å². The Morgan fingerprint density at radius 3 is 2.24 bits per heavy atom. The van der Waals surface area contributed by atoms with Crippen LogP contribution >= 0.6 is 0 Å². The van der Waals surface area contributed by atoms with Crippen LogP contribution in [0.4, 0.5) is 11.4 Å². The van der Waals surface area contributed by atoms with Crippen molar-refractivity contribution in [2.75, 3.05) is 37.9 Å². The molecule has 0 fully saturated rings. The largest absolute Gasteiger partial charge is 0.378 e. The Hall–Kier alpha value is -2.33. The third kappa shape index (κ3) is 5.61. The van der Waals surface area contributed by atoms with Gasteiger partial charge >= 0.3 is 0 Å². The molecule has 0 aliphatic carbocycles. The minimum atomic E-state index is 0.0144. The van der Waals surface area contributed by atoms with Gasteiger partial charge in [0.05, 0.1) is 6.54 Å². The van der Waals surface area contributed by atoms with E-state index in [2.05, 4.69) is 54.4 Å². The highest BCUT2D eigenvalue weighted by Crippen LogP contribution is 2.23. The van der Waals surface area contributed by atoms with Crippen molar-refractivity contribution < 1.29 is 4.79 Å². The summed E-state index contributed by atoms with van der Waals surface area (Å²) in [7, 11) is 6.02. The molecule has 25 heavy (non-hydrogen) atoms. The van der Waals surface area contributed by atoms with Crippen LogP contribution in [0.3, 0.4) is 0 Å². The van der Waals surface area contributed by atoms with Gasteiger partial charge in [0.15, 0.2) is 0 Å².